The summed E-state index contributed by atoms with van der Waals surface area (Å²) in [6.45, 7) is 3.92. The van der Waals surface area contributed by atoms with Crippen LogP contribution < -0.4 is 5.73 Å². The molecular formula is C12H21ClN2. The first-order chi connectivity index (χ1) is 7.24. The van der Waals surface area contributed by atoms with Crippen molar-refractivity contribution in [2.75, 3.05) is 13.1 Å². The zero-order valence-electron chi connectivity index (χ0n) is 9.45. The number of hydrogen-bond acceptors (Lipinski definition) is 2. The summed E-state index contributed by atoms with van der Waals surface area (Å²) in [5.74, 6) is 0. The molecule has 0 fully saturated rings. The van der Waals surface area contributed by atoms with Gasteiger partial charge in [0.2, 0.25) is 0 Å². The molecule has 1 aliphatic rings. The van der Waals surface area contributed by atoms with E-state index in [-0.39, 0.29) is 5.50 Å². The third-order valence-electron chi connectivity index (χ3n) is 2.62. The second-order valence-corrected chi connectivity index (χ2v) is 4.49. The smallest absolute Gasteiger partial charge is 0.123 e. The third kappa shape index (κ3) is 4.72. The molecule has 0 aromatic carbocycles. The van der Waals surface area contributed by atoms with Gasteiger partial charge in [0.15, 0.2) is 0 Å². The lowest BCUT2D eigenvalue weighted by Gasteiger charge is -2.27. The molecule has 86 valence electrons. The Balaban J connectivity index is 2.15. The van der Waals surface area contributed by atoms with Gasteiger partial charge in [-0.25, -0.2) is 0 Å². The summed E-state index contributed by atoms with van der Waals surface area (Å²) in [6, 6.07) is 0. The molecule has 1 atom stereocenters. The Morgan fingerprint density at radius 2 is 2.07 bits per heavy atom. The molecule has 1 aliphatic heterocycles. The van der Waals surface area contributed by atoms with Crippen LogP contribution >= 0.6 is 11.6 Å². The Kier molecular flexibility index (Phi) is 5.81. The number of rotatable bonds is 6. The Morgan fingerprint density at radius 3 is 2.73 bits per heavy atom. The van der Waals surface area contributed by atoms with Gasteiger partial charge in [0.05, 0.1) is 0 Å². The Bertz CT molecular complexity index is 236. The lowest BCUT2D eigenvalue weighted by molar-refractivity contribution is 0.365. The van der Waals surface area contributed by atoms with Crippen LogP contribution in [-0.4, -0.2) is 23.5 Å². The van der Waals surface area contributed by atoms with Gasteiger partial charge < -0.3 is 10.6 Å². The summed E-state index contributed by atoms with van der Waals surface area (Å²) in [5, 5.41) is 0. The molecule has 0 saturated heterocycles. The predicted molar refractivity (Wildman–Crippen MR) is 66.8 cm³/mol. The highest BCUT2D eigenvalue weighted by atomic mass is 35.5. The molecule has 15 heavy (non-hydrogen) atoms. The van der Waals surface area contributed by atoms with Gasteiger partial charge in [-0.05, 0) is 38.5 Å². The second-order valence-electron chi connectivity index (χ2n) is 4.04. The molecule has 0 bridgehead atoms. The van der Waals surface area contributed by atoms with Gasteiger partial charge in [-0.1, -0.05) is 30.0 Å². The van der Waals surface area contributed by atoms with Crippen LogP contribution in [0.4, 0.5) is 0 Å². The first-order valence-electron chi connectivity index (χ1n) is 5.70. The van der Waals surface area contributed by atoms with Gasteiger partial charge in [0.1, 0.15) is 5.50 Å². The number of hydrogen-bond donors (Lipinski definition) is 1. The molecular weight excluding hydrogens is 208 g/mol. The molecule has 2 N–H and O–H groups in total. The molecule has 0 aromatic rings. The number of nitrogens with two attached hydrogens (primary N) is 1. The third-order valence-corrected chi connectivity index (χ3v) is 2.99. The van der Waals surface area contributed by atoms with E-state index >= 15 is 0 Å². The minimum absolute atomic E-state index is 0.0320. The van der Waals surface area contributed by atoms with Crippen LogP contribution in [0, 0.1) is 0 Å². The lowest BCUT2D eigenvalue weighted by atomic mass is 10.1. The fourth-order valence-electron chi connectivity index (χ4n) is 1.65. The maximum atomic E-state index is 6.20. The van der Waals surface area contributed by atoms with Crippen molar-refractivity contribution >= 4 is 11.6 Å². The predicted octanol–water partition coefficient (Wildman–Crippen LogP) is 2.85. The minimum Gasteiger partial charge on any atom is -0.358 e. The second kappa shape index (κ2) is 6.91. The summed E-state index contributed by atoms with van der Waals surface area (Å²) >= 11 is 6.20. The van der Waals surface area contributed by atoms with E-state index in [0.717, 1.165) is 19.5 Å². The van der Waals surface area contributed by atoms with Crippen molar-refractivity contribution in [3.8, 4) is 0 Å². The Morgan fingerprint density at radius 1 is 1.33 bits per heavy atom. The van der Waals surface area contributed by atoms with Crippen LogP contribution in [-0.2, 0) is 0 Å². The average Bonchev–Trinajstić information content (AvgIpc) is 2.20. The zero-order valence-corrected chi connectivity index (χ0v) is 10.2. The summed E-state index contributed by atoms with van der Waals surface area (Å²) in [4.78, 5) is 2.18. The number of allylic oxidation sites excluding steroid dienone is 2. The van der Waals surface area contributed by atoms with Gasteiger partial charge in [0, 0.05) is 12.7 Å². The standard InChI is InChI=1S/C12H21ClN2/c1-11-6-9-15(12(13)10-11)8-5-3-2-4-7-14/h6,9-10,12H,2-5,7-8,14H2,1H3. The van der Waals surface area contributed by atoms with E-state index < -0.39 is 0 Å². The maximum absolute atomic E-state index is 6.20. The lowest BCUT2D eigenvalue weighted by Crippen LogP contribution is -2.27. The fraction of sp³-hybridized carbons (Fsp3) is 0.667. The monoisotopic (exact) mass is 228 g/mol. The van der Waals surface area contributed by atoms with E-state index in [2.05, 4.69) is 30.2 Å². The van der Waals surface area contributed by atoms with Crippen molar-refractivity contribution in [2.24, 2.45) is 5.73 Å². The van der Waals surface area contributed by atoms with Gasteiger partial charge >= 0.3 is 0 Å². The van der Waals surface area contributed by atoms with E-state index in [0.29, 0.717) is 0 Å². The van der Waals surface area contributed by atoms with Gasteiger partial charge in [-0.15, -0.1) is 0 Å². The number of halogens is 1. The first kappa shape index (κ1) is 12.6. The van der Waals surface area contributed by atoms with Crippen LogP contribution in [0.3, 0.4) is 0 Å². The normalized spacial score (nSPS) is 20.6. The largest absolute Gasteiger partial charge is 0.358 e. The summed E-state index contributed by atoms with van der Waals surface area (Å²) in [6.07, 6.45) is 11.1. The summed E-state index contributed by atoms with van der Waals surface area (Å²) < 4.78 is 0. The van der Waals surface area contributed by atoms with Crippen LogP contribution in [0.1, 0.15) is 32.6 Å². The highest BCUT2D eigenvalue weighted by Crippen LogP contribution is 2.17. The molecule has 1 rings (SSSR count). The Hall–Kier alpha value is -0.470. The van der Waals surface area contributed by atoms with Crippen LogP contribution in [0.2, 0.25) is 0 Å². The maximum Gasteiger partial charge on any atom is 0.123 e. The van der Waals surface area contributed by atoms with Crippen molar-refractivity contribution in [2.45, 2.75) is 38.1 Å². The summed E-state index contributed by atoms with van der Waals surface area (Å²) in [7, 11) is 0. The quantitative estimate of drug-likeness (QED) is 0.430. The van der Waals surface area contributed by atoms with Gasteiger partial charge in [-0.3, -0.25) is 0 Å². The number of unbranched alkanes of at least 4 members (excludes halogenated alkanes) is 3. The molecule has 1 heterocycles. The van der Waals surface area contributed by atoms with Crippen LogP contribution in [0.25, 0.3) is 0 Å². The molecule has 1 unspecified atom stereocenters. The minimum atomic E-state index is 0.0320. The van der Waals surface area contributed by atoms with Crippen LogP contribution in [0.15, 0.2) is 23.9 Å². The first-order valence-corrected chi connectivity index (χ1v) is 6.14. The van der Waals surface area contributed by atoms with Crippen molar-refractivity contribution in [3.63, 3.8) is 0 Å². The van der Waals surface area contributed by atoms with E-state index in [1.54, 1.807) is 0 Å². The van der Waals surface area contributed by atoms with E-state index in [9.17, 15) is 0 Å². The highest BCUT2D eigenvalue weighted by Gasteiger charge is 2.11. The molecule has 2 nitrogen and oxygen atoms in total. The van der Waals surface area contributed by atoms with E-state index in [4.69, 9.17) is 17.3 Å². The molecule has 0 radical (unpaired) electrons. The van der Waals surface area contributed by atoms with Crippen molar-refractivity contribution in [3.05, 3.63) is 23.9 Å². The number of nitrogens with zero attached hydrogens (tertiary/aromatic N) is 1. The topological polar surface area (TPSA) is 29.3 Å². The Labute approximate surface area is 97.8 Å². The zero-order chi connectivity index (χ0) is 11.1. The van der Waals surface area contributed by atoms with Crippen molar-refractivity contribution in [1.82, 2.24) is 4.90 Å². The highest BCUT2D eigenvalue weighted by molar-refractivity contribution is 6.21. The van der Waals surface area contributed by atoms with Gasteiger partial charge in [-0.2, -0.15) is 0 Å². The van der Waals surface area contributed by atoms with E-state index in [1.807, 2.05) is 0 Å². The summed E-state index contributed by atoms with van der Waals surface area (Å²) in [5.41, 5.74) is 6.72. The van der Waals surface area contributed by atoms with Crippen molar-refractivity contribution in [1.29, 1.82) is 0 Å². The number of alkyl halides is 1. The molecule has 0 spiro atoms. The molecule has 0 aromatic heterocycles. The SMILES string of the molecule is CC1=CC(Cl)N(CCCCCCN)C=C1. The molecule has 0 saturated carbocycles. The van der Waals surface area contributed by atoms with Crippen LogP contribution in [0.5, 0.6) is 0 Å². The van der Waals surface area contributed by atoms with E-state index in [1.165, 1.54) is 24.8 Å². The molecule has 0 aliphatic carbocycles. The molecule has 3 heteroatoms. The molecule has 0 amide bonds. The van der Waals surface area contributed by atoms with Crippen molar-refractivity contribution < 1.29 is 0 Å². The fourth-order valence-corrected chi connectivity index (χ4v) is 2.02. The van der Waals surface area contributed by atoms with Gasteiger partial charge in [0.25, 0.3) is 0 Å². The average molecular weight is 229 g/mol.